The predicted molar refractivity (Wildman–Crippen MR) is 68.8 cm³/mol. The van der Waals surface area contributed by atoms with Crippen LogP contribution >= 0.6 is 0 Å². The van der Waals surface area contributed by atoms with Crippen LogP contribution in [0.3, 0.4) is 0 Å². The lowest BCUT2D eigenvalue weighted by Gasteiger charge is -2.06. The molecule has 0 radical (unpaired) electrons. The largest absolute Gasteiger partial charge is 0.319 e. The molecule has 0 saturated carbocycles. The molecule has 0 bridgehead atoms. The molecule has 1 heterocycles. The van der Waals surface area contributed by atoms with Crippen LogP contribution in [0.15, 0.2) is 12.2 Å². The zero-order chi connectivity index (χ0) is 12.1. The van der Waals surface area contributed by atoms with Crippen LogP contribution in [0.25, 0.3) is 0 Å². The Kier molecular flexibility index (Phi) is 4.74. The molecule has 0 amide bonds. The number of hydrogen-bond acceptors (Lipinski definition) is 2. The number of aromatic nitrogens is 2. The summed E-state index contributed by atoms with van der Waals surface area (Å²) in [6, 6.07) is 0. The normalized spacial score (nSPS) is 10.8. The van der Waals surface area contributed by atoms with Gasteiger partial charge >= 0.3 is 0 Å². The average Bonchev–Trinajstić information content (AvgIpc) is 2.52. The van der Waals surface area contributed by atoms with Gasteiger partial charge in [-0.15, -0.1) is 0 Å². The second kappa shape index (κ2) is 5.85. The zero-order valence-electron chi connectivity index (χ0n) is 10.9. The number of nitrogens with zero attached hydrogens (tertiary/aromatic N) is 2. The van der Waals surface area contributed by atoms with Crippen LogP contribution in [0.1, 0.15) is 30.3 Å². The molecule has 1 N–H and O–H groups in total. The van der Waals surface area contributed by atoms with Gasteiger partial charge in [-0.1, -0.05) is 19.1 Å². The average molecular weight is 221 g/mol. The van der Waals surface area contributed by atoms with Crippen molar-refractivity contribution in [3.63, 3.8) is 0 Å². The molecule has 3 heteroatoms. The summed E-state index contributed by atoms with van der Waals surface area (Å²) in [6.45, 7) is 12.3. The smallest absolute Gasteiger partial charge is 0.0629 e. The van der Waals surface area contributed by atoms with Crippen molar-refractivity contribution in [2.45, 2.75) is 40.2 Å². The Bertz CT molecular complexity index is 363. The maximum absolute atomic E-state index is 4.58. The second-order valence-corrected chi connectivity index (χ2v) is 4.26. The minimum absolute atomic E-state index is 0.850. The lowest BCUT2D eigenvalue weighted by Crippen LogP contribution is -2.11. The number of hydrogen-bond donors (Lipinski definition) is 1. The van der Waals surface area contributed by atoms with E-state index in [1.807, 2.05) is 7.05 Å². The monoisotopic (exact) mass is 221 g/mol. The van der Waals surface area contributed by atoms with E-state index in [-0.39, 0.29) is 0 Å². The van der Waals surface area contributed by atoms with Crippen molar-refractivity contribution in [2.75, 3.05) is 13.6 Å². The third-order valence-electron chi connectivity index (χ3n) is 3.03. The molecular weight excluding hydrogens is 198 g/mol. The van der Waals surface area contributed by atoms with Crippen LogP contribution in [-0.2, 0) is 13.0 Å². The van der Waals surface area contributed by atoms with Crippen molar-refractivity contribution in [3.05, 3.63) is 29.1 Å². The highest BCUT2D eigenvalue weighted by Crippen LogP contribution is 2.15. The molecule has 16 heavy (non-hydrogen) atoms. The summed E-state index contributed by atoms with van der Waals surface area (Å²) in [5.41, 5.74) is 5.03. The molecule has 0 aliphatic heterocycles. The molecule has 0 spiro atoms. The summed E-state index contributed by atoms with van der Waals surface area (Å²) in [4.78, 5) is 0. The van der Waals surface area contributed by atoms with Gasteiger partial charge in [-0.2, -0.15) is 5.10 Å². The summed E-state index contributed by atoms with van der Waals surface area (Å²) in [6.07, 6.45) is 2.07. The Morgan fingerprint density at radius 2 is 2.12 bits per heavy atom. The fraction of sp³-hybridized carbons (Fsp3) is 0.615. The van der Waals surface area contributed by atoms with Gasteiger partial charge in [-0.3, -0.25) is 4.68 Å². The van der Waals surface area contributed by atoms with E-state index < -0.39 is 0 Å². The lowest BCUT2D eigenvalue weighted by atomic mass is 10.1. The van der Waals surface area contributed by atoms with Gasteiger partial charge in [0, 0.05) is 5.69 Å². The standard InChI is InChI=1S/C13H23N3/c1-6-10(2)9-16-12(4)13(7-8-14-5)11(3)15-16/h14H,2,6-9H2,1,3-5H3. The van der Waals surface area contributed by atoms with Gasteiger partial charge in [0.2, 0.25) is 0 Å². The number of aryl methyl sites for hydroxylation is 1. The van der Waals surface area contributed by atoms with Gasteiger partial charge in [0.1, 0.15) is 0 Å². The van der Waals surface area contributed by atoms with E-state index in [2.05, 4.69) is 42.4 Å². The fourth-order valence-electron chi connectivity index (χ4n) is 1.82. The molecule has 0 aliphatic carbocycles. The summed E-state index contributed by atoms with van der Waals surface area (Å²) >= 11 is 0. The van der Waals surface area contributed by atoms with Gasteiger partial charge in [-0.25, -0.2) is 0 Å². The first-order valence-corrected chi connectivity index (χ1v) is 5.94. The van der Waals surface area contributed by atoms with Crippen LogP contribution in [0.5, 0.6) is 0 Å². The van der Waals surface area contributed by atoms with Crippen molar-refractivity contribution in [2.24, 2.45) is 0 Å². The van der Waals surface area contributed by atoms with Crippen molar-refractivity contribution < 1.29 is 0 Å². The van der Waals surface area contributed by atoms with E-state index in [9.17, 15) is 0 Å². The first kappa shape index (κ1) is 13.0. The Morgan fingerprint density at radius 1 is 1.44 bits per heavy atom. The van der Waals surface area contributed by atoms with E-state index in [1.54, 1.807) is 0 Å². The molecule has 90 valence electrons. The highest BCUT2D eigenvalue weighted by Gasteiger charge is 2.10. The summed E-state index contributed by atoms with van der Waals surface area (Å²) in [5.74, 6) is 0. The summed E-state index contributed by atoms with van der Waals surface area (Å²) in [7, 11) is 1.98. The molecule has 1 aromatic heterocycles. The minimum Gasteiger partial charge on any atom is -0.319 e. The zero-order valence-corrected chi connectivity index (χ0v) is 10.9. The van der Waals surface area contributed by atoms with Crippen LogP contribution in [0.2, 0.25) is 0 Å². The highest BCUT2D eigenvalue weighted by atomic mass is 15.3. The van der Waals surface area contributed by atoms with Gasteiger partial charge in [0.25, 0.3) is 0 Å². The number of nitrogens with one attached hydrogen (secondary N) is 1. The first-order valence-electron chi connectivity index (χ1n) is 5.94. The molecule has 3 nitrogen and oxygen atoms in total. The number of likely N-dealkylation sites (N-methyl/N-ethyl adjacent to an activating group) is 1. The van der Waals surface area contributed by atoms with Crippen LogP contribution in [0.4, 0.5) is 0 Å². The molecule has 0 aliphatic rings. The molecule has 0 unspecified atom stereocenters. The van der Waals surface area contributed by atoms with Crippen molar-refractivity contribution in [1.82, 2.24) is 15.1 Å². The third-order valence-corrected chi connectivity index (χ3v) is 3.03. The lowest BCUT2D eigenvalue weighted by molar-refractivity contribution is 0.638. The first-order chi connectivity index (χ1) is 7.60. The van der Waals surface area contributed by atoms with Crippen molar-refractivity contribution in [1.29, 1.82) is 0 Å². The predicted octanol–water partition coefficient (Wildman–Crippen LogP) is 2.23. The van der Waals surface area contributed by atoms with E-state index in [1.165, 1.54) is 16.8 Å². The highest BCUT2D eigenvalue weighted by molar-refractivity contribution is 5.25. The molecule has 0 saturated heterocycles. The van der Waals surface area contributed by atoms with Crippen LogP contribution in [0, 0.1) is 13.8 Å². The quantitative estimate of drug-likeness (QED) is 0.747. The Balaban J connectivity index is 2.83. The Hall–Kier alpha value is -1.09. The summed E-state index contributed by atoms with van der Waals surface area (Å²) < 4.78 is 2.08. The van der Waals surface area contributed by atoms with Crippen molar-refractivity contribution >= 4 is 0 Å². The topological polar surface area (TPSA) is 29.9 Å². The van der Waals surface area contributed by atoms with Gasteiger partial charge in [-0.05, 0) is 45.8 Å². The van der Waals surface area contributed by atoms with E-state index in [4.69, 9.17) is 0 Å². The van der Waals surface area contributed by atoms with E-state index in [0.717, 1.165) is 31.6 Å². The SMILES string of the molecule is C=C(CC)Cn1nc(C)c(CCNC)c1C. The Labute approximate surface area is 98.5 Å². The van der Waals surface area contributed by atoms with Crippen LogP contribution in [-0.4, -0.2) is 23.4 Å². The Morgan fingerprint density at radius 3 is 2.69 bits per heavy atom. The van der Waals surface area contributed by atoms with Gasteiger partial charge in [0.05, 0.1) is 12.2 Å². The molecule has 0 aromatic carbocycles. The minimum atomic E-state index is 0.850. The molecule has 1 rings (SSSR count). The molecular formula is C13H23N3. The van der Waals surface area contributed by atoms with E-state index in [0.29, 0.717) is 0 Å². The molecule has 0 atom stereocenters. The third kappa shape index (κ3) is 2.95. The maximum atomic E-state index is 4.58. The fourth-order valence-corrected chi connectivity index (χ4v) is 1.82. The van der Waals surface area contributed by atoms with Gasteiger partial charge in [0.15, 0.2) is 0 Å². The second-order valence-electron chi connectivity index (χ2n) is 4.26. The van der Waals surface area contributed by atoms with Gasteiger partial charge < -0.3 is 5.32 Å². The molecule has 1 aromatic rings. The summed E-state index contributed by atoms with van der Waals surface area (Å²) in [5, 5.41) is 7.76. The number of allylic oxidation sites excluding steroid dienone is 1. The van der Waals surface area contributed by atoms with Crippen molar-refractivity contribution in [3.8, 4) is 0 Å². The number of rotatable bonds is 6. The molecule has 0 fully saturated rings. The maximum Gasteiger partial charge on any atom is 0.0629 e. The van der Waals surface area contributed by atoms with E-state index >= 15 is 0 Å². The van der Waals surface area contributed by atoms with Crippen LogP contribution < -0.4 is 5.32 Å².